The highest BCUT2D eigenvalue weighted by atomic mass is 35.5. The molecule has 0 heterocycles. The highest BCUT2D eigenvalue weighted by molar-refractivity contribution is 6.32. The van der Waals surface area contributed by atoms with Crippen LogP contribution in [0.3, 0.4) is 0 Å². The minimum atomic E-state index is -0.536. The molecule has 0 atom stereocenters. The summed E-state index contributed by atoms with van der Waals surface area (Å²) in [5, 5.41) is 12.4. The van der Waals surface area contributed by atoms with E-state index in [1.807, 2.05) is 13.0 Å². The first-order valence-electron chi connectivity index (χ1n) is 8.09. The zero-order valence-corrected chi connectivity index (χ0v) is 16.0. The van der Waals surface area contributed by atoms with Gasteiger partial charge in [-0.05, 0) is 55.0 Å². The van der Waals surface area contributed by atoms with Crippen molar-refractivity contribution in [2.75, 3.05) is 26.1 Å². The molecule has 0 radical (unpaired) electrons. The summed E-state index contributed by atoms with van der Waals surface area (Å²) >= 11 is 6.23. The lowest BCUT2D eigenvalue weighted by Gasteiger charge is -2.12. The van der Waals surface area contributed by atoms with Gasteiger partial charge in [0.15, 0.2) is 11.5 Å². The molecule has 6 nitrogen and oxygen atoms in total. The summed E-state index contributed by atoms with van der Waals surface area (Å²) in [6.07, 6.45) is 1.43. The maximum atomic E-state index is 12.4. The number of anilines is 1. The minimum Gasteiger partial charge on any atom is -0.497 e. The van der Waals surface area contributed by atoms with Crippen LogP contribution in [0.1, 0.15) is 12.5 Å². The fraction of sp³-hybridized carbons (Fsp3) is 0.200. The molecule has 27 heavy (non-hydrogen) atoms. The van der Waals surface area contributed by atoms with Crippen LogP contribution in [0.25, 0.3) is 6.08 Å². The molecule has 140 valence electrons. The second kappa shape index (κ2) is 9.51. The Morgan fingerprint density at radius 2 is 1.93 bits per heavy atom. The summed E-state index contributed by atoms with van der Waals surface area (Å²) < 4.78 is 15.8. The number of amides is 1. The quantitative estimate of drug-likeness (QED) is 0.566. The molecule has 0 saturated carbocycles. The number of hydrogen-bond acceptors (Lipinski definition) is 5. The van der Waals surface area contributed by atoms with Crippen LogP contribution in [-0.2, 0) is 4.79 Å². The van der Waals surface area contributed by atoms with E-state index in [-0.39, 0.29) is 5.57 Å². The zero-order chi connectivity index (χ0) is 19.8. The van der Waals surface area contributed by atoms with Crippen LogP contribution in [0.4, 0.5) is 5.69 Å². The van der Waals surface area contributed by atoms with Crippen molar-refractivity contribution in [3.63, 3.8) is 0 Å². The Kier molecular flexibility index (Phi) is 7.09. The van der Waals surface area contributed by atoms with Gasteiger partial charge in [0.1, 0.15) is 17.4 Å². The van der Waals surface area contributed by atoms with E-state index in [9.17, 15) is 10.1 Å². The lowest BCUT2D eigenvalue weighted by molar-refractivity contribution is -0.112. The summed E-state index contributed by atoms with van der Waals surface area (Å²) in [5.41, 5.74) is 1.01. The summed E-state index contributed by atoms with van der Waals surface area (Å²) in [4.78, 5) is 12.4. The summed E-state index contributed by atoms with van der Waals surface area (Å²) in [7, 11) is 3.05. The third kappa shape index (κ3) is 5.16. The average Bonchev–Trinajstić information content (AvgIpc) is 2.68. The topological polar surface area (TPSA) is 80.6 Å². The van der Waals surface area contributed by atoms with E-state index in [1.165, 1.54) is 13.2 Å². The lowest BCUT2D eigenvalue weighted by Crippen LogP contribution is -2.13. The minimum absolute atomic E-state index is 0.0758. The first-order chi connectivity index (χ1) is 13.0. The molecule has 1 amide bonds. The van der Waals surface area contributed by atoms with Gasteiger partial charge in [-0.15, -0.1) is 0 Å². The predicted molar refractivity (Wildman–Crippen MR) is 104 cm³/mol. The molecule has 0 saturated heterocycles. The van der Waals surface area contributed by atoms with E-state index in [2.05, 4.69) is 5.32 Å². The van der Waals surface area contributed by atoms with Crippen molar-refractivity contribution in [3.8, 4) is 23.3 Å². The third-order valence-electron chi connectivity index (χ3n) is 3.56. The average molecular weight is 387 g/mol. The number of benzene rings is 2. The Morgan fingerprint density at radius 3 is 2.48 bits per heavy atom. The molecule has 0 fully saturated rings. The Hall–Kier alpha value is -3.17. The molecule has 0 aliphatic rings. The molecule has 0 aromatic heterocycles. The van der Waals surface area contributed by atoms with E-state index in [0.717, 1.165) is 0 Å². The molecule has 2 aromatic carbocycles. The molecule has 0 bridgehead atoms. The highest BCUT2D eigenvalue weighted by Gasteiger charge is 2.14. The first-order valence-corrected chi connectivity index (χ1v) is 8.47. The van der Waals surface area contributed by atoms with Crippen molar-refractivity contribution in [2.45, 2.75) is 6.92 Å². The van der Waals surface area contributed by atoms with Crippen molar-refractivity contribution in [1.82, 2.24) is 0 Å². The maximum Gasteiger partial charge on any atom is 0.266 e. The Bertz CT molecular complexity index is 886. The third-order valence-corrected chi connectivity index (χ3v) is 3.85. The van der Waals surface area contributed by atoms with Crippen LogP contribution in [0, 0.1) is 11.3 Å². The fourth-order valence-corrected chi connectivity index (χ4v) is 2.57. The standard InChI is InChI=1S/C20H19ClN2O4/c1-4-27-19-17(21)10-13(11-18(19)26-3)9-14(12-22)20(24)23-15-5-7-16(25-2)8-6-15/h5-11H,4H2,1-3H3,(H,23,24)/b14-9-. The summed E-state index contributed by atoms with van der Waals surface area (Å²) in [6, 6.07) is 11.9. The van der Waals surface area contributed by atoms with Crippen LogP contribution >= 0.6 is 11.6 Å². The fourth-order valence-electron chi connectivity index (χ4n) is 2.30. The molecule has 2 aromatic rings. The SMILES string of the molecule is CCOc1c(Cl)cc(/C=C(/C#N)C(=O)Nc2ccc(OC)cc2)cc1OC. The van der Waals surface area contributed by atoms with Crippen LogP contribution in [0.5, 0.6) is 17.2 Å². The molecule has 2 rings (SSSR count). The van der Waals surface area contributed by atoms with Gasteiger partial charge in [0, 0.05) is 5.69 Å². The number of halogens is 1. The number of carbonyl (C=O) groups is 1. The molecule has 1 N–H and O–H groups in total. The number of rotatable bonds is 7. The number of carbonyl (C=O) groups excluding carboxylic acids is 1. The van der Waals surface area contributed by atoms with Crippen LogP contribution in [-0.4, -0.2) is 26.7 Å². The summed E-state index contributed by atoms with van der Waals surface area (Å²) in [6.45, 7) is 2.26. The zero-order valence-electron chi connectivity index (χ0n) is 15.2. The maximum absolute atomic E-state index is 12.4. The normalized spacial score (nSPS) is 10.7. The first kappa shape index (κ1) is 20.1. The van der Waals surface area contributed by atoms with Gasteiger partial charge in [-0.3, -0.25) is 4.79 Å². The van der Waals surface area contributed by atoms with Crippen molar-refractivity contribution >= 4 is 29.3 Å². The van der Waals surface area contributed by atoms with E-state index in [1.54, 1.807) is 43.5 Å². The van der Waals surface area contributed by atoms with Gasteiger partial charge in [-0.25, -0.2) is 0 Å². The monoisotopic (exact) mass is 386 g/mol. The smallest absolute Gasteiger partial charge is 0.266 e. The van der Waals surface area contributed by atoms with E-state index < -0.39 is 5.91 Å². The summed E-state index contributed by atoms with van der Waals surface area (Å²) in [5.74, 6) is 0.968. The van der Waals surface area contributed by atoms with Crippen LogP contribution < -0.4 is 19.5 Å². The second-order valence-corrected chi connectivity index (χ2v) is 5.73. The van der Waals surface area contributed by atoms with Gasteiger partial charge >= 0.3 is 0 Å². The number of ether oxygens (including phenoxy) is 3. The van der Waals surface area contributed by atoms with Crippen molar-refractivity contribution in [2.24, 2.45) is 0 Å². The second-order valence-electron chi connectivity index (χ2n) is 5.32. The van der Waals surface area contributed by atoms with Crippen molar-refractivity contribution in [3.05, 3.63) is 52.6 Å². The number of nitriles is 1. The van der Waals surface area contributed by atoms with E-state index in [0.29, 0.717) is 40.1 Å². The van der Waals surface area contributed by atoms with E-state index >= 15 is 0 Å². The molecular weight excluding hydrogens is 368 g/mol. The molecule has 0 unspecified atom stereocenters. The number of methoxy groups -OCH3 is 2. The number of nitrogens with zero attached hydrogens (tertiary/aromatic N) is 1. The molecular formula is C20H19ClN2O4. The number of nitrogens with one attached hydrogen (secondary N) is 1. The Balaban J connectivity index is 2.27. The van der Waals surface area contributed by atoms with Crippen LogP contribution in [0.2, 0.25) is 5.02 Å². The Morgan fingerprint density at radius 1 is 1.22 bits per heavy atom. The molecule has 0 aliphatic heterocycles. The van der Waals surface area contributed by atoms with Gasteiger partial charge < -0.3 is 19.5 Å². The Labute approximate surface area is 162 Å². The predicted octanol–water partition coefficient (Wildman–Crippen LogP) is 4.30. The van der Waals surface area contributed by atoms with Crippen molar-refractivity contribution < 1.29 is 19.0 Å². The van der Waals surface area contributed by atoms with Gasteiger partial charge in [0.2, 0.25) is 0 Å². The van der Waals surface area contributed by atoms with Gasteiger partial charge in [0.05, 0.1) is 25.8 Å². The van der Waals surface area contributed by atoms with Crippen LogP contribution in [0.15, 0.2) is 42.0 Å². The highest BCUT2D eigenvalue weighted by Crippen LogP contribution is 2.37. The molecule has 0 aliphatic carbocycles. The molecule has 0 spiro atoms. The van der Waals surface area contributed by atoms with Gasteiger partial charge in [0.25, 0.3) is 5.91 Å². The number of hydrogen-bond donors (Lipinski definition) is 1. The lowest BCUT2D eigenvalue weighted by atomic mass is 10.1. The molecule has 7 heteroatoms. The van der Waals surface area contributed by atoms with Gasteiger partial charge in [-0.1, -0.05) is 11.6 Å². The van der Waals surface area contributed by atoms with E-state index in [4.69, 9.17) is 25.8 Å². The van der Waals surface area contributed by atoms with Gasteiger partial charge in [-0.2, -0.15) is 5.26 Å². The van der Waals surface area contributed by atoms with Crippen molar-refractivity contribution in [1.29, 1.82) is 5.26 Å². The largest absolute Gasteiger partial charge is 0.497 e.